The number of nitrogens with zero attached hydrogens (tertiary/aromatic N) is 1. The van der Waals surface area contributed by atoms with E-state index in [-0.39, 0.29) is 18.3 Å². The minimum atomic E-state index is -1.13. The van der Waals surface area contributed by atoms with Crippen LogP contribution in [0, 0.1) is 0 Å². The molecule has 0 saturated heterocycles. The van der Waals surface area contributed by atoms with Gasteiger partial charge in [-0.15, -0.1) is 0 Å². The van der Waals surface area contributed by atoms with E-state index in [9.17, 15) is 9.59 Å². The zero-order valence-corrected chi connectivity index (χ0v) is 11.1. The second-order valence-electron chi connectivity index (χ2n) is 4.08. The van der Waals surface area contributed by atoms with Gasteiger partial charge < -0.3 is 25.1 Å². The first-order valence-corrected chi connectivity index (χ1v) is 6.05. The van der Waals surface area contributed by atoms with E-state index in [1.807, 2.05) is 14.0 Å². The number of nitrogens with one attached hydrogen (secondary N) is 2. The lowest BCUT2D eigenvalue weighted by Gasteiger charge is -2.14. The molecule has 1 aromatic heterocycles. The zero-order valence-electron chi connectivity index (χ0n) is 11.1. The number of aromatic carboxylic acids is 1. The highest BCUT2D eigenvalue weighted by molar-refractivity contribution is 5.84. The normalized spacial score (nSPS) is 10.5. The largest absolute Gasteiger partial charge is 0.475 e. The van der Waals surface area contributed by atoms with Gasteiger partial charge in [-0.2, -0.15) is 0 Å². The van der Waals surface area contributed by atoms with Crippen molar-refractivity contribution in [2.24, 2.45) is 0 Å². The number of urea groups is 1. The molecule has 3 N–H and O–H groups in total. The van der Waals surface area contributed by atoms with Gasteiger partial charge in [0.15, 0.2) is 0 Å². The predicted octanol–water partition coefficient (Wildman–Crippen LogP) is 0.729. The number of hydrogen-bond donors (Lipinski definition) is 3. The molecule has 0 fully saturated rings. The number of hydrogen-bond acceptors (Lipinski definition) is 4. The number of carbonyl (C=O) groups excluding carboxylic acids is 1. The molecule has 1 aromatic rings. The van der Waals surface area contributed by atoms with E-state index in [0.717, 1.165) is 13.1 Å². The highest BCUT2D eigenvalue weighted by atomic mass is 16.4. The Kier molecular flexibility index (Phi) is 5.87. The standard InChI is InChI=1S/C12H19N3O4/c1-3-15(2)7-6-13-12(18)14-8-9-4-5-10(19-9)11(16)17/h4-5H,3,6-8H2,1-2H3,(H,16,17)(H2,13,14,18). The van der Waals surface area contributed by atoms with E-state index in [4.69, 9.17) is 9.52 Å². The molecule has 0 radical (unpaired) electrons. The highest BCUT2D eigenvalue weighted by Gasteiger charge is 2.09. The van der Waals surface area contributed by atoms with E-state index in [1.54, 1.807) is 0 Å². The summed E-state index contributed by atoms with van der Waals surface area (Å²) < 4.78 is 5.01. The van der Waals surface area contributed by atoms with Crippen LogP contribution in [0.15, 0.2) is 16.5 Å². The lowest BCUT2D eigenvalue weighted by atomic mass is 10.4. The molecule has 1 heterocycles. The number of amides is 2. The van der Waals surface area contributed by atoms with Crippen molar-refractivity contribution < 1.29 is 19.1 Å². The summed E-state index contributed by atoms with van der Waals surface area (Å²) in [4.78, 5) is 24.1. The van der Waals surface area contributed by atoms with Gasteiger partial charge in [0.2, 0.25) is 5.76 Å². The Morgan fingerprint density at radius 2 is 2.11 bits per heavy atom. The van der Waals surface area contributed by atoms with Crippen molar-refractivity contribution in [1.82, 2.24) is 15.5 Å². The molecule has 0 bridgehead atoms. The average molecular weight is 269 g/mol. The Balaban J connectivity index is 2.24. The molecule has 0 aliphatic carbocycles. The second kappa shape index (κ2) is 7.42. The van der Waals surface area contributed by atoms with Crippen LogP contribution in [-0.2, 0) is 6.54 Å². The summed E-state index contributed by atoms with van der Waals surface area (Å²) in [5.41, 5.74) is 0. The topological polar surface area (TPSA) is 94.8 Å². The smallest absolute Gasteiger partial charge is 0.371 e. The number of carboxylic acids is 1. The Hall–Kier alpha value is -2.02. The fourth-order valence-electron chi connectivity index (χ4n) is 1.34. The maximum atomic E-state index is 11.4. The maximum Gasteiger partial charge on any atom is 0.371 e. The summed E-state index contributed by atoms with van der Waals surface area (Å²) in [6.45, 7) is 4.44. The van der Waals surface area contributed by atoms with Crippen molar-refractivity contribution >= 4 is 12.0 Å². The molecule has 7 heteroatoms. The maximum absolute atomic E-state index is 11.4. The van der Waals surface area contributed by atoms with Crippen LogP contribution in [0.2, 0.25) is 0 Å². The van der Waals surface area contributed by atoms with Crippen LogP contribution in [0.4, 0.5) is 4.79 Å². The minimum absolute atomic E-state index is 0.137. The number of carbonyl (C=O) groups is 2. The second-order valence-corrected chi connectivity index (χ2v) is 4.08. The van der Waals surface area contributed by atoms with Crippen LogP contribution in [0.25, 0.3) is 0 Å². The number of carboxylic acid groups (broad SMARTS) is 1. The molecule has 0 aliphatic rings. The Morgan fingerprint density at radius 1 is 1.37 bits per heavy atom. The van der Waals surface area contributed by atoms with Gasteiger partial charge >= 0.3 is 12.0 Å². The summed E-state index contributed by atoms with van der Waals surface area (Å²) in [6.07, 6.45) is 0. The van der Waals surface area contributed by atoms with Crippen LogP contribution >= 0.6 is 0 Å². The zero-order chi connectivity index (χ0) is 14.3. The fraction of sp³-hybridized carbons (Fsp3) is 0.500. The molecule has 0 spiro atoms. The Labute approximate surface area is 111 Å². The van der Waals surface area contributed by atoms with E-state index in [0.29, 0.717) is 12.3 Å². The van der Waals surface area contributed by atoms with Crippen LogP contribution in [0.1, 0.15) is 23.2 Å². The molecule has 106 valence electrons. The first-order valence-electron chi connectivity index (χ1n) is 6.05. The minimum Gasteiger partial charge on any atom is -0.475 e. The van der Waals surface area contributed by atoms with E-state index < -0.39 is 5.97 Å². The van der Waals surface area contributed by atoms with Crippen molar-refractivity contribution in [3.05, 3.63) is 23.7 Å². The van der Waals surface area contributed by atoms with Crippen LogP contribution < -0.4 is 10.6 Å². The lowest BCUT2D eigenvalue weighted by molar-refractivity contribution is 0.0660. The third-order valence-electron chi connectivity index (χ3n) is 2.61. The predicted molar refractivity (Wildman–Crippen MR) is 69.1 cm³/mol. The summed E-state index contributed by atoms with van der Waals surface area (Å²) >= 11 is 0. The molecule has 19 heavy (non-hydrogen) atoms. The van der Waals surface area contributed by atoms with Gasteiger partial charge in [0.1, 0.15) is 5.76 Å². The quantitative estimate of drug-likeness (QED) is 0.678. The third-order valence-corrected chi connectivity index (χ3v) is 2.61. The highest BCUT2D eigenvalue weighted by Crippen LogP contribution is 2.07. The van der Waals surface area contributed by atoms with Gasteiger partial charge in [0.25, 0.3) is 0 Å². The molecular formula is C12H19N3O4. The Bertz CT molecular complexity index is 430. The van der Waals surface area contributed by atoms with Crippen molar-refractivity contribution in [3.8, 4) is 0 Å². The van der Waals surface area contributed by atoms with E-state index >= 15 is 0 Å². The van der Waals surface area contributed by atoms with Gasteiger partial charge in [-0.25, -0.2) is 9.59 Å². The summed E-state index contributed by atoms with van der Waals surface area (Å²) in [5.74, 6) is -0.863. The molecular weight excluding hydrogens is 250 g/mol. The van der Waals surface area contributed by atoms with Crippen molar-refractivity contribution in [2.45, 2.75) is 13.5 Å². The average Bonchev–Trinajstić information content (AvgIpc) is 2.85. The molecule has 0 unspecified atom stereocenters. The first-order chi connectivity index (χ1) is 9.02. The van der Waals surface area contributed by atoms with Crippen LogP contribution in [-0.4, -0.2) is 48.7 Å². The van der Waals surface area contributed by atoms with Gasteiger partial charge in [-0.3, -0.25) is 0 Å². The SMILES string of the molecule is CCN(C)CCNC(=O)NCc1ccc(C(=O)O)o1. The van der Waals surface area contributed by atoms with Crippen LogP contribution in [0.5, 0.6) is 0 Å². The molecule has 0 atom stereocenters. The van der Waals surface area contributed by atoms with E-state index in [1.165, 1.54) is 12.1 Å². The van der Waals surface area contributed by atoms with Gasteiger partial charge in [0, 0.05) is 13.1 Å². The Morgan fingerprint density at radius 3 is 2.68 bits per heavy atom. The van der Waals surface area contributed by atoms with Gasteiger partial charge in [0.05, 0.1) is 6.54 Å². The first kappa shape index (κ1) is 15.0. The number of rotatable bonds is 7. The molecule has 2 amide bonds. The van der Waals surface area contributed by atoms with Gasteiger partial charge in [-0.05, 0) is 25.7 Å². The fourth-order valence-corrected chi connectivity index (χ4v) is 1.34. The van der Waals surface area contributed by atoms with Crippen molar-refractivity contribution in [3.63, 3.8) is 0 Å². The van der Waals surface area contributed by atoms with Gasteiger partial charge in [-0.1, -0.05) is 6.92 Å². The monoisotopic (exact) mass is 269 g/mol. The van der Waals surface area contributed by atoms with Crippen molar-refractivity contribution in [2.75, 3.05) is 26.7 Å². The summed E-state index contributed by atoms with van der Waals surface area (Å²) in [5, 5.41) is 14.0. The molecule has 0 aromatic carbocycles. The third kappa shape index (κ3) is 5.43. The number of furan rings is 1. The summed E-state index contributed by atoms with van der Waals surface area (Å²) in [6, 6.07) is 2.57. The molecule has 0 saturated carbocycles. The molecule has 7 nitrogen and oxygen atoms in total. The molecule has 0 aliphatic heterocycles. The number of likely N-dealkylation sites (N-methyl/N-ethyl adjacent to an activating group) is 1. The summed E-state index contributed by atoms with van der Waals surface area (Å²) in [7, 11) is 1.97. The lowest BCUT2D eigenvalue weighted by Crippen LogP contribution is -2.39. The van der Waals surface area contributed by atoms with Crippen molar-refractivity contribution in [1.29, 1.82) is 0 Å². The molecule has 1 rings (SSSR count). The van der Waals surface area contributed by atoms with E-state index in [2.05, 4.69) is 15.5 Å². The van der Waals surface area contributed by atoms with Crippen LogP contribution in [0.3, 0.4) is 0 Å².